The molecule has 0 aromatic heterocycles. The minimum atomic E-state index is -5.35. The van der Waals surface area contributed by atoms with Gasteiger partial charge in [0.1, 0.15) is 24.4 Å². The van der Waals surface area contributed by atoms with E-state index in [1.165, 1.54) is 0 Å². The number of hydrogen-bond donors (Lipinski definition) is 8. The number of aliphatic hydroxyl groups excluding tert-OH is 5. The van der Waals surface area contributed by atoms with E-state index in [1.807, 2.05) is 0 Å². The van der Waals surface area contributed by atoms with Gasteiger partial charge in [-0.3, -0.25) is 0 Å². The second-order valence-electron chi connectivity index (χ2n) is 3.01. The van der Waals surface area contributed by atoms with E-state index in [1.54, 1.807) is 0 Å². The van der Waals surface area contributed by atoms with Crippen LogP contribution < -0.4 is 34.7 Å². The van der Waals surface area contributed by atoms with Gasteiger partial charge in [0.05, 0.1) is 12.6 Å². The Morgan fingerprint density at radius 1 is 1.05 bits per heavy atom. The van der Waals surface area contributed by atoms with Crippen molar-refractivity contribution in [3.63, 3.8) is 0 Å². The zero-order valence-corrected chi connectivity index (χ0v) is 14.3. The fraction of sp³-hybridized carbons (Fsp3) is 0.833. The number of rotatable bonds is 5. The van der Waals surface area contributed by atoms with Gasteiger partial charge >= 0.3 is 62.8 Å². The third kappa shape index (κ3) is 15.0. The Labute approximate surface area is 134 Å². The molecule has 0 saturated heterocycles. The standard InChI is InChI=1S/C6H12O7.Na.3H2O.O.Sb/c7-1-2(8)3(9)4(10)5(11)6(12)13;;;;;;/h2-5,7-11H,1H2,(H,12,13);;3*1H2;;/q;+1;;;;;+3/p-4. The molecule has 4 atom stereocenters. The fourth-order valence-electron chi connectivity index (χ4n) is 0.662. The molecular formula is C6H14NaO11Sb. The average Bonchev–Trinajstić information content (AvgIpc) is 2.22. The van der Waals surface area contributed by atoms with Crippen LogP contribution in [0.25, 0.3) is 0 Å². The molecule has 0 aliphatic carbocycles. The summed E-state index contributed by atoms with van der Waals surface area (Å²) in [6.45, 7) is -0.863. The number of carboxylic acid groups (broad SMARTS) is 1. The third-order valence-electron chi connectivity index (χ3n) is 1.50. The van der Waals surface area contributed by atoms with E-state index in [9.17, 15) is 9.90 Å². The maximum atomic E-state index is 9.98. The van der Waals surface area contributed by atoms with E-state index >= 15 is 0 Å². The topological polar surface area (TPSA) is 219 Å². The van der Waals surface area contributed by atoms with Crippen molar-refractivity contribution in [2.24, 2.45) is 0 Å². The van der Waals surface area contributed by atoms with E-state index in [0.717, 1.165) is 0 Å². The molecule has 4 unspecified atom stereocenters. The first-order chi connectivity index (χ1) is 7.91. The predicted molar refractivity (Wildman–Crippen MR) is 49.2 cm³/mol. The van der Waals surface area contributed by atoms with Crippen molar-refractivity contribution < 1.29 is 78.2 Å². The molecule has 0 rings (SSSR count). The summed E-state index contributed by atoms with van der Waals surface area (Å²) in [5.41, 5.74) is 0. The Hall–Kier alpha value is 0.768. The van der Waals surface area contributed by atoms with Crippen LogP contribution in [0.3, 0.4) is 0 Å². The van der Waals surface area contributed by atoms with Crippen LogP contribution in [0, 0.1) is 0 Å². The molecule has 11 nitrogen and oxygen atoms in total. The van der Waals surface area contributed by atoms with Crippen LogP contribution in [-0.2, 0) is 7.81 Å². The average molecular weight is 407 g/mol. The van der Waals surface area contributed by atoms with E-state index in [4.69, 9.17) is 38.7 Å². The SMILES string of the molecule is O=C([O-])C(O)C(O)C(O)C(O)CO.[Na+].[O]=[Sb]([OH])([OH])[OH]. The Kier molecular flexibility index (Phi) is 14.9. The fourth-order valence-corrected chi connectivity index (χ4v) is 0.662. The molecule has 0 saturated carbocycles. The molecule has 0 aliphatic rings. The molecule has 0 aromatic rings. The van der Waals surface area contributed by atoms with Crippen LogP contribution in [-0.4, -0.2) is 92.7 Å². The van der Waals surface area contributed by atoms with Crippen LogP contribution in [0.2, 0.25) is 0 Å². The Balaban J connectivity index is -0.000000366. The number of carbonyl (C=O) groups is 1. The van der Waals surface area contributed by atoms with Gasteiger partial charge < -0.3 is 35.4 Å². The summed E-state index contributed by atoms with van der Waals surface area (Å²) >= 11 is -5.35. The molecule has 0 heterocycles. The molecule has 0 amide bonds. The predicted octanol–water partition coefficient (Wildman–Crippen LogP) is -9.99. The van der Waals surface area contributed by atoms with Crippen LogP contribution >= 0.6 is 0 Å². The number of hydrogen-bond acceptors (Lipinski definition) is 8. The molecule has 0 aliphatic heterocycles. The summed E-state index contributed by atoms with van der Waals surface area (Å²) in [5, 5.41) is 53.4. The van der Waals surface area contributed by atoms with Crippen LogP contribution in [0.5, 0.6) is 0 Å². The van der Waals surface area contributed by atoms with Crippen molar-refractivity contribution in [2.75, 3.05) is 6.61 Å². The molecule has 0 spiro atoms. The monoisotopic (exact) mass is 406 g/mol. The second-order valence-corrected chi connectivity index (χ2v) is 5.94. The summed E-state index contributed by atoms with van der Waals surface area (Å²) in [6.07, 6.45) is -8.08. The first-order valence-corrected chi connectivity index (χ1v) is 8.70. The normalized spacial score (nSPS) is 17.1. The van der Waals surface area contributed by atoms with Gasteiger partial charge in [0.25, 0.3) is 0 Å². The Morgan fingerprint density at radius 3 is 1.58 bits per heavy atom. The molecule has 0 fully saturated rings. The van der Waals surface area contributed by atoms with Gasteiger partial charge in [0.15, 0.2) is 0 Å². The van der Waals surface area contributed by atoms with Gasteiger partial charge in [0.2, 0.25) is 0 Å². The zero-order valence-electron chi connectivity index (χ0n) is 9.77. The van der Waals surface area contributed by atoms with Crippen LogP contribution in [0.1, 0.15) is 0 Å². The first kappa shape index (κ1) is 24.8. The van der Waals surface area contributed by atoms with E-state index in [0.29, 0.717) is 0 Å². The molecule has 8 N–H and O–H groups in total. The van der Waals surface area contributed by atoms with Crippen molar-refractivity contribution in [2.45, 2.75) is 24.4 Å². The van der Waals surface area contributed by atoms with Gasteiger partial charge in [-0.25, -0.2) is 0 Å². The van der Waals surface area contributed by atoms with Crippen molar-refractivity contribution in [1.29, 1.82) is 0 Å². The van der Waals surface area contributed by atoms with Crippen molar-refractivity contribution >= 4 is 26.0 Å². The minimum absolute atomic E-state index is 0. The Morgan fingerprint density at radius 2 is 1.37 bits per heavy atom. The second kappa shape index (κ2) is 11.4. The summed E-state index contributed by atoms with van der Waals surface area (Å²) in [6, 6.07) is 0. The molecule has 110 valence electrons. The molecule has 19 heavy (non-hydrogen) atoms. The van der Waals surface area contributed by atoms with E-state index in [-0.39, 0.29) is 29.6 Å². The summed E-state index contributed by atoms with van der Waals surface area (Å²) in [5.74, 6) is -1.98. The molecule has 0 radical (unpaired) electrons. The van der Waals surface area contributed by atoms with Gasteiger partial charge in [-0.2, -0.15) is 0 Å². The summed E-state index contributed by atoms with van der Waals surface area (Å²) in [7, 11) is 0. The van der Waals surface area contributed by atoms with E-state index < -0.39 is 57.0 Å². The quantitative estimate of drug-likeness (QED) is 0.200. The summed E-state index contributed by atoms with van der Waals surface area (Å²) < 4.78 is 30.8. The zero-order chi connectivity index (χ0) is 15.1. The van der Waals surface area contributed by atoms with Crippen LogP contribution in [0.15, 0.2) is 0 Å². The number of carbonyl (C=O) groups excluding carboxylic acids is 1. The maximum absolute atomic E-state index is 9.98. The molecular weight excluding hydrogens is 393 g/mol. The van der Waals surface area contributed by atoms with Crippen molar-refractivity contribution in [1.82, 2.24) is 0 Å². The number of aliphatic carboxylic acids is 1. The van der Waals surface area contributed by atoms with Gasteiger partial charge in [0, 0.05) is 0 Å². The third-order valence-corrected chi connectivity index (χ3v) is 1.50. The number of aliphatic hydroxyl groups is 5. The van der Waals surface area contributed by atoms with Gasteiger partial charge in [-0.15, -0.1) is 0 Å². The number of carboxylic acids is 1. The van der Waals surface area contributed by atoms with Gasteiger partial charge in [-0.05, 0) is 0 Å². The molecule has 13 heteroatoms. The first-order valence-electron chi connectivity index (χ1n) is 4.24. The molecule has 0 aromatic carbocycles. The van der Waals surface area contributed by atoms with E-state index in [2.05, 4.69) is 0 Å². The summed E-state index contributed by atoms with van der Waals surface area (Å²) in [4.78, 5) is 9.98. The van der Waals surface area contributed by atoms with Gasteiger partial charge in [-0.1, -0.05) is 0 Å². The van der Waals surface area contributed by atoms with Crippen LogP contribution in [0.4, 0.5) is 0 Å². The van der Waals surface area contributed by atoms with Crippen molar-refractivity contribution in [3.8, 4) is 0 Å². The van der Waals surface area contributed by atoms with Crippen molar-refractivity contribution in [3.05, 3.63) is 0 Å². The molecule has 0 bridgehead atoms. The Bertz CT molecular complexity index is 285.